The first-order valence-corrected chi connectivity index (χ1v) is 4.31. The molecular weight excluding hydrogens is 140 g/mol. The summed E-state index contributed by atoms with van der Waals surface area (Å²) in [6, 6.07) is 2.22. The van der Waals surface area contributed by atoms with Gasteiger partial charge in [0.05, 0.1) is 0 Å². The normalized spacial score (nSPS) is 9.80. The molecule has 0 unspecified atom stereocenters. The summed E-state index contributed by atoms with van der Waals surface area (Å²) in [5, 5.41) is 0. The minimum absolute atomic E-state index is 1.14. The average Bonchev–Trinajstić information content (AvgIpc) is 2.30. The number of hydrogen-bond acceptors (Lipinski definition) is 1. The van der Waals surface area contributed by atoms with E-state index >= 15 is 0 Å². The SMILES string of the molecule is C=Cc1cc(CC)sc1C. The standard InChI is InChI=1S/C9H12S/c1-4-8-6-9(5-2)10-7(8)3/h4,6H,1,5H2,2-3H3. The van der Waals surface area contributed by atoms with Crippen molar-refractivity contribution in [1.29, 1.82) is 0 Å². The van der Waals surface area contributed by atoms with Crippen LogP contribution in [0.2, 0.25) is 0 Å². The summed E-state index contributed by atoms with van der Waals surface area (Å²) in [6.45, 7) is 8.06. The average molecular weight is 152 g/mol. The molecule has 0 atom stereocenters. The molecule has 1 rings (SSSR count). The Balaban J connectivity index is 3.03. The minimum Gasteiger partial charge on any atom is -0.145 e. The Bertz CT molecular complexity index is 233. The third-order valence-electron chi connectivity index (χ3n) is 1.58. The van der Waals surface area contributed by atoms with Crippen LogP contribution in [0.1, 0.15) is 22.2 Å². The van der Waals surface area contributed by atoms with Gasteiger partial charge in [-0.15, -0.1) is 11.3 Å². The van der Waals surface area contributed by atoms with Crippen molar-refractivity contribution < 1.29 is 0 Å². The van der Waals surface area contributed by atoms with E-state index in [1.165, 1.54) is 15.3 Å². The molecule has 0 aliphatic rings. The predicted octanol–water partition coefficient (Wildman–Crippen LogP) is 3.26. The van der Waals surface area contributed by atoms with Gasteiger partial charge < -0.3 is 0 Å². The lowest BCUT2D eigenvalue weighted by Gasteiger charge is -1.82. The van der Waals surface area contributed by atoms with Crippen LogP contribution in [0, 0.1) is 6.92 Å². The third-order valence-corrected chi connectivity index (χ3v) is 2.79. The van der Waals surface area contributed by atoms with Crippen molar-refractivity contribution in [3.63, 3.8) is 0 Å². The largest absolute Gasteiger partial charge is 0.145 e. The fourth-order valence-corrected chi connectivity index (χ4v) is 1.92. The van der Waals surface area contributed by atoms with Crippen LogP contribution in [0.4, 0.5) is 0 Å². The zero-order chi connectivity index (χ0) is 7.56. The molecule has 1 heteroatoms. The second-order valence-electron chi connectivity index (χ2n) is 2.28. The van der Waals surface area contributed by atoms with Gasteiger partial charge in [-0.1, -0.05) is 19.6 Å². The van der Waals surface area contributed by atoms with E-state index < -0.39 is 0 Å². The van der Waals surface area contributed by atoms with Crippen molar-refractivity contribution in [2.75, 3.05) is 0 Å². The summed E-state index contributed by atoms with van der Waals surface area (Å²) >= 11 is 1.87. The van der Waals surface area contributed by atoms with Gasteiger partial charge >= 0.3 is 0 Å². The highest BCUT2D eigenvalue weighted by Gasteiger charge is 1.98. The van der Waals surface area contributed by atoms with Crippen LogP contribution >= 0.6 is 11.3 Å². The van der Waals surface area contributed by atoms with E-state index in [9.17, 15) is 0 Å². The van der Waals surface area contributed by atoms with Crippen LogP contribution in [-0.2, 0) is 6.42 Å². The number of rotatable bonds is 2. The molecule has 0 aromatic carbocycles. The summed E-state index contributed by atoms with van der Waals surface area (Å²) in [5.74, 6) is 0. The maximum absolute atomic E-state index is 3.75. The first-order chi connectivity index (χ1) is 4.77. The van der Waals surface area contributed by atoms with Crippen LogP contribution in [0.3, 0.4) is 0 Å². The Hall–Kier alpha value is -0.560. The van der Waals surface area contributed by atoms with Gasteiger partial charge in [0.1, 0.15) is 0 Å². The maximum Gasteiger partial charge on any atom is 0.00892 e. The summed E-state index contributed by atoms with van der Waals surface area (Å²) < 4.78 is 0. The Morgan fingerprint density at radius 1 is 1.70 bits per heavy atom. The van der Waals surface area contributed by atoms with Crippen LogP contribution in [-0.4, -0.2) is 0 Å². The van der Waals surface area contributed by atoms with Gasteiger partial charge in [-0.25, -0.2) is 0 Å². The zero-order valence-corrected chi connectivity index (χ0v) is 7.29. The second-order valence-corrected chi connectivity index (χ2v) is 3.62. The smallest absolute Gasteiger partial charge is 0.00892 e. The van der Waals surface area contributed by atoms with Crippen molar-refractivity contribution in [1.82, 2.24) is 0 Å². The molecule has 0 bridgehead atoms. The zero-order valence-electron chi connectivity index (χ0n) is 6.48. The van der Waals surface area contributed by atoms with Crippen LogP contribution in [0.25, 0.3) is 6.08 Å². The summed E-state index contributed by atoms with van der Waals surface area (Å²) in [5.41, 5.74) is 1.29. The van der Waals surface area contributed by atoms with Crippen molar-refractivity contribution in [2.45, 2.75) is 20.3 Å². The van der Waals surface area contributed by atoms with E-state index in [2.05, 4.69) is 26.5 Å². The Kier molecular flexibility index (Phi) is 2.28. The fraction of sp³-hybridized carbons (Fsp3) is 0.333. The van der Waals surface area contributed by atoms with E-state index in [0.717, 1.165) is 6.42 Å². The van der Waals surface area contributed by atoms with Gasteiger partial charge in [-0.3, -0.25) is 0 Å². The first kappa shape index (κ1) is 7.55. The van der Waals surface area contributed by atoms with E-state index in [-0.39, 0.29) is 0 Å². The predicted molar refractivity (Wildman–Crippen MR) is 48.5 cm³/mol. The lowest BCUT2D eigenvalue weighted by Crippen LogP contribution is -1.66. The second kappa shape index (κ2) is 3.02. The molecule has 0 saturated heterocycles. The quantitative estimate of drug-likeness (QED) is 0.610. The molecule has 1 aromatic rings. The monoisotopic (exact) mass is 152 g/mol. The lowest BCUT2D eigenvalue weighted by atomic mass is 10.2. The Morgan fingerprint density at radius 3 is 2.70 bits per heavy atom. The number of hydrogen-bond donors (Lipinski definition) is 0. The Labute approximate surface area is 66.2 Å². The molecule has 0 aliphatic carbocycles. The summed E-state index contributed by atoms with van der Waals surface area (Å²) in [4.78, 5) is 2.83. The van der Waals surface area contributed by atoms with Crippen molar-refractivity contribution >= 4 is 17.4 Å². The van der Waals surface area contributed by atoms with Crippen LogP contribution < -0.4 is 0 Å². The molecule has 0 radical (unpaired) electrons. The van der Waals surface area contributed by atoms with E-state index in [1.54, 1.807) is 0 Å². The highest BCUT2D eigenvalue weighted by molar-refractivity contribution is 7.12. The Morgan fingerprint density at radius 2 is 2.40 bits per heavy atom. The number of aryl methyl sites for hydroxylation is 2. The first-order valence-electron chi connectivity index (χ1n) is 3.49. The molecular formula is C9H12S. The van der Waals surface area contributed by atoms with Gasteiger partial charge in [-0.2, -0.15) is 0 Å². The van der Waals surface area contributed by atoms with Crippen molar-refractivity contribution in [2.24, 2.45) is 0 Å². The van der Waals surface area contributed by atoms with Gasteiger partial charge in [0.25, 0.3) is 0 Å². The van der Waals surface area contributed by atoms with E-state index in [1.807, 2.05) is 17.4 Å². The highest BCUT2D eigenvalue weighted by atomic mass is 32.1. The van der Waals surface area contributed by atoms with Crippen molar-refractivity contribution in [3.8, 4) is 0 Å². The molecule has 0 nitrogen and oxygen atoms in total. The van der Waals surface area contributed by atoms with Gasteiger partial charge in [0.2, 0.25) is 0 Å². The maximum atomic E-state index is 3.75. The molecule has 54 valence electrons. The van der Waals surface area contributed by atoms with Gasteiger partial charge in [-0.05, 0) is 25.0 Å². The molecule has 10 heavy (non-hydrogen) atoms. The van der Waals surface area contributed by atoms with Gasteiger partial charge in [0, 0.05) is 9.75 Å². The highest BCUT2D eigenvalue weighted by Crippen LogP contribution is 2.22. The number of thiophene rings is 1. The van der Waals surface area contributed by atoms with E-state index in [4.69, 9.17) is 0 Å². The summed E-state index contributed by atoms with van der Waals surface area (Å²) in [6.07, 6.45) is 3.06. The molecule has 1 aromatic heterocycles. The summed E-state index contributed by atoms with van der Waals surface area (Å²) in [7, 11) is 0. The lowest BCUT2D eigenvalue weighted by molar-refractivity contribution is 1.19. The molecule has 1 heterocycles. The molecule has 0 saturated carbocycles. The molecule has 0 amide bonds. The van der Waals surface area contributed by atoms with Crippen LogP contribution in [0.15, 0.2) is 12.6 Å². The topological polar surface area (TPSA) is 0 Å². The van der Waals surface area contributed by atoms with Crippen LogP contribution in [0.5, 0.6) is 0 Å². The van der Waals surface area contributed by atoms with Crippen molar-refractivity contribution in [3.05, 3.63) is 28.0 Å². The van der Waals surface area contributed by atoms with Gasteiger partial charge in [0.15, 0.2) is 0 Å². The minimum atomic E-state index is 1.14. The molecule has 0 N–H and O–H groups in total. The van der Waals surface area contributed by atoms with E-state index in [0.29, 0.717) is 0 Å². The third kappa shape index (κ3) is 1.29. The molecule has 0 fully saturated rings. The molecule has 0 spiro atoms. The fourth-order valence-electron chi connectivity index (χ4n) is 0.937. The molecule has 0 aliphatic heterocycles.